The van der Waals surface area contributed by atoms with E-state index < -0.39 is 0 Å². The molecule has 0 aromatic carbocycles. The number of rotatable bonds is 4. The molecule has 1 aliphatic heterocycles. The maximum atomic E-state index is 12.7. The van der Waals surface area contributed by atoms with Gasteiger partial charge in [-0.05, 0) is 44.7 Å². The van der Waals surface area contributed by atoms with Crippen molar-refractivity contribution in [1.29, 1.82) is 0 Å². The minimum absolute atomic E-state index is 0.111. The summed E-state index contributed by atoms with van der Waals surface area (Å²) < 4.78 is 5.72. The summed E-state index contributed by atoms with van der Waals surface area (Å²) in [6.07, 6.45) is 3.87. The van der Waals surface area contributed by atoms with E-state index in [1.807, 2.05) is 30.9 Å². The van der Waals surface area contributed by atoms with Crippen molar-refractivity contribution in [2.75, 3.05) is 13.1 Å². The van der Waals surface area contributed by atoms with Crippen LogP contribution in [-0.4, -0.2) is 33.9 Å². The van der Waals surface area contributed by atoms with E-state index in [0.29, 0.717) is 18.3 Å². The molecule has 0 atom stereocenters. The lowest BCUT2D eigenvalue weighted by atomic mass is 9.99. The molecule has 2 aromatic rings. The first-order valence-corrected chi connectivity index (χ1v) is 9.15. The Morgan fingerprint density at radius 2 is 2.08 bits per heavy atom. The number of nitrogens with zero attached hydrogens (tertiary/aromatic N) is 3. The first-order valence-electron chi connectivity index (χ1n) is 8.34. The van der Waals surface area contributed by atoms with Gasteiger partial charge >= 0.3 is 0 Å². The molecule has 1 amide bonds. The number of carbonyl (C=O) groups is 1. The Bertz CT molecular complexity index is 704. The highest BCUT2D eigenvalue weighted by atomic mass is 32.1. The monoisotopic (exact) mass is 345 g/mol. The summed E-state index contributed by atoms with van der Waals surface area (Å²) in [7, 11) is 0. The van der Waals surface area contributed by atoms with Crippen LogP contribution >= 0.6 is 11.3 Å². The second-order valence-corrected chi connectivity index (χ2v) is 7.50. The third-order valence-corrected chi connectivity index (χ3v) is 5.47. The third-order valence-electron chi connectivity index (χ3n) is 4.35. The topological polar surface area (TPSA) is 55.3 Å². The van der Waals surface area contributed by atoms with Gasteiger partial charge in [0.15, 0.2) is 0 Å². The molecule has 5 nitrogen and oxygen atoms in total. The van der Waals surface area contributed by atoms with Crippen LogP contribution in [0.2, 0.25) is 0 Å². The normalized spacial score (nSPS) is 15.5. The van der Waals surface area contributed by atoms with Gasteiger partial charge in [0, 0.05) is 18.8 Å². The Hall–Kier alpha value is -1.95. The molecular weight excluding hydrogens is 322 g/mol. The van der Waals surface area contributed by atoms with Crippen molar-refractivity contribution in [3.05, 3.63) is 39.6 Å². The average molecular weight is 345 g/mol. The summed E-state index contributed by atoms with van der Waals surface area (Å²) in [6, 6.07) is 3.80. The van der Waals surface area contributed by atoms with Crippen LogP contribution in [0.3, 0.4) is 0 Å². The van der Waals surface area contributed by atoms with Crippen molar-refractivity contribution in [2.45, 2.75) is 40.2 Å². The number of carbonyl (C=O) groups excluding carboxylic acids is 1. The van der Waals surface area contributed by atoms with E-state index in [1.54, 1.807) is 6.20 Å². The summed E-state index contributed by atoms with van der Waals surface area (Å²) in [5.74, 6) is 1.54. The smallest absolute Gasteiger partial charge is 0.265 e. The van der Waals surface area contributed by atoms with Crippen LogP contribution in [0.25, 0.3) is 0 Å². The Morgan fingerprint density at radius 3 is 2.75 bits per heavy atom. The molecule has 3 rings (SSSR count). The number of hydrogen-bond acceptors (Lipinski definition) is 5. The van der Waals surface area contributed by atoms with E-state index in [1.165, 1.54) is 11.3 Å². The van der Waals surface area contributed by atoms with Gasteiger partial charge in [0.25, 0.3) is 5.91 Å². The molecule has 0 bridgehead atoms. The first-order chi connectivity index (χ1) is 11.5. The lowest BCUT2D eigenvalue weighted by molar-refractivity contribution is 0.0701. The molecule has 1 saturated heterocycles. The quantitative estimate of drug-likeness (QED) is 0.849. The van der Waals surface area contributed by atoms with Crippen molar-refractivity contribution >= 4 is 17.2 Å². The van der Waals surface area contributed by atoms with Crippen LogP contribution in [-0.2, 0) is 6.61 Å². The number of likely N-dealkylation sites (tertiary alicyclic amines) is 1. The second kappa shape index (κ2) is 7.30. The van der Waals surface area contributed by atoms with E-state index in [4.69, 9.17) is 4.74 Å². The molecule has 0 N–H and O–H groups in total. The fourth-order valence-electron chi connectivity index (χ4n) is 2.75. The van der Waals surface area contributed by atoms with Crippen molar-refractivity contribution in [3.8, 4) is 5.75 Å². The van der Waals surface area contributed by atoms with Crippen LogP contribution in [0.1, 0.15) is 45.8 Å². The highest BCUT2D eigenvalue weighted by molar-refractivity contribution is 7.13. The zero-order valence-electron chi connectivity index (χ0n) is 14.4. The number of pyridine rings is 1. The predicted molar refractivity (Wildman–Crippen MR) is 94.5 cm³/mol. The van der Waals surface area contributed by atoms with Gasteiger partial charge < -0.3 is 9.64 Å². The third kappa shape index (κ3) is 3.93. The molecule has 0 radical (unpaired) electrons. The van der Waals surface area contributed by atoms with Crippen molar-refractivity contribution in [2.24, 2.45) is 5.92 Å². The number of aryl methyl sites for hydroxylation is 2. The zero-order valence-corrected chi connectivity index (χ0v) is 15.2. The fraction of sp³-hybridized carbons (Fsp3) is 0.500. The molecule has 1 aliphatic rings. The van der Waals surface area contributed by atoms with Gasteiger partial charge in [0.2, 0.25) is 0 Å². The Balaban J connectivity index is 1.64. The number of aromatic nitrogens is 2. The van der Waals surface area contributed by atoms with Crippen molar-refractivity contribution in [1.82, 2.24) is 14.9 Å². The molecule has 24 heavy (non-hydrogen) atoms. The van der Waals surface area contributed by atoms with E-state index in [9.17, 15) is 4.79 Å². The van der Waals surface area contributed by atoms with Crippen LogP contribution in [0, 0.1) is 19.8 Å². The van der Waals surface area contributed by atoms with Crippen LogP contribution in [0.15, 0.2) is 18.3 Å². The summed E-state index contributed by atoms with van der Waals surface area (Å²) in [5, 5.41) is 0.821. The van der Waals surface area contributed by atoms with Crippen molar-refractivity contribution < 1.29 is 9.53 Å². The molecule has 128 valence electrons. The van der Waals surface area contributed by atoms with Gasteiger partial charge in [-0.25, -0.2) is 4.98 Å². The number of ether oxygens (including phenoxy) is 1. The van der Waals surface area contributed by atoms with Gasteiger partial charge in [-0.15, -0.1) is 11.3 Å². The molecule has 0 saturated carbocycles. The van der Waals surface area contributed by atoms with Crippen LogP contribution in [0.4, 0.5) is 0 Å². The lowest BCUT2D eigenvalue weighted by Gasteiger charge is -2.30. The van der Waals surface area contributed by atoms with Gasteiger partial charge in [-0.1, -0.05) is 6.92 Å². The lowest BCUT2D eigenvalue weighted by Crippen LogP contribution is -2.37. The minimum Gasteiger partial charge on any atom is -0.485 e. The summed E-state index contributed by atoms with van der Waals surface area (Å²) in [4.78, 5) is 24.1. The SMILES string of the molecule is Cc1ccc(OCc2nc(C)c(C(=O)N3CCC(C)CC3)s2)cn1. The van der Waals surface area contributed by atoms with Gasteiger partial charge in [0.1, 0.15) is 22.2 Å². The zero-order chi connectivity index (χ0) is 17.1. The average Bonchev–Trinajstić information content (AvgIpc) is 2.95. The van der Waals surface area contributed by atoms with E-state index in [-0.39, 0.29) is 5.91 Å². The van der Waals surface area contributed by atoms with E-state index in [0.717, 1.165) is 47.2 Å². The fourth-order valence-corrected chi connectivity index (χ4v) is 3.70. The maximum absolute atomic E-state index is 12.7. The summed E-state index contributed by atoms with van der Waals surface area (Å²) >= 11 is 1.44. The Labute approximate surface area is 146 Å². The highest BCUT2D eigenvalue weighted by Crippen LogP contribution is 2.24. The number of amides is 1. The van der Waals surface area contributed by atoms with Crippen LogP contribution in [0.5, 0.6) is 5.75 Å². The molecule has 0 unspecified atom stereocenters. The van der Waals surface area contributed by atoms with Gasteiger partial charge in [-0.2, -0.15) is 0 Å². The van der Waals surface area contributed by atoms with E-state index in [2.05, 4.69) is 16.9 Å². The molecule has 0 aliphatic carbocycles. The molecule has 0 spiro atoms. The minimum atomic E-state index is 0.111. The van der Waals surface area contributed by atoms with E-state index >= 15 is 0 Å². The molecule has 6 heteroatoms. The number of piperidine rings is 1. The standard InChI is InChI=1S/C18H23N3O2S/c1-12-6-8-21(9-7-12)18(22)17-14(3)20-16(24-17)11-23-15-5-4-13(2)19-10-15/h4-5,10,12H,6-9,11H2,1-3H3. The Morgan fingerprint density at radius 1 is 1.33 bits per heavy atom. The highest BCUT2D eigenvalue weighted by Gasteiger charge is 2.25. The molecular formula is C18H23N3O2S. The van der Waals surface area contributed by atoms with Crippen molar-refractivity contribution in [3.63, 3.8) is 0 Å². The maximum Gasteiger partial charge on any atom is 0.265 e. The number of thiazole rings is 1. The van der Waals surface area contributed by atoms with Crippen LogP contribution < -0.4 is 4.74 Å². The predicted octanol–water partition coefficient (Wildman–Crippen LogP) is 3.61. The molecule has 1 fully saturated rings. The summed E-state index contributed by atoms with van der Waals surface area (Å²) in [6.45, 7) is 8.13. The summed E-state index contributed by atoms with van der Waals surface area (Å²) in [5.41, 5.74) is 1.75. The first kappa shape index (κ1) is 16.9. The second-order valence-electron chi connectivity index (χ2n) is 6.42. The molecule has 3 heterocycles. The largest absolute Gasteiger partial charge is 0.485 e. The Kier molecular flexibility index (Phi) is 5.14. The molecule has 2 aromatic heterocycles. The van der Waals surface area contributed by atoms with Gasteiger partial charge in [-0.3, -0.25) is 9.78 Å². The number of hydrogen-bond donors (Lipinski definition) is 0. The van der Waals surface area contributed by atoms with Gasteiger partial charge in [0.05, 0.1) is 11.9 Å².